The van der Waals surface area contributed by atoms with Gasteiger partial charge in [0.2, 0.25) is 0 Å². The summed E-state index contributed by atoms with van der Waals surface area (Å²) in [4.78, 5) is 0. The first-order chi connectivity index (χ1) is 6.83. The molecule has 0 unspecified atom stereocenters. The summed E-state index contributed by atoms with van der Waals surface area (Å²) >= 11 is 0. The maximum Gasteiger partial charge on any atom is 0.157 e. The van der Waals surface area contributed by atoms with E-state index in [9.17, 15) is 0 Å². The minimum absolute atomic E-state index is 0. The Morgan fingerprint density at radius 1 is 1.42 bits per heavy atom. The highest BCUT2D eigenvalue weighted by molar-refractivity contribution is 5.85. The molecule has 0 aliphatic carbocycles. The number of phenols is 2. The molecular weight excluding hydrogens is 178 g/mol. The summed E-state index contributed by atoms with van der Waals surface area (Å²) < 4.78 is 28.3. The van der Waals surface area contributed by atoms with E-state index in [0.717, 1.165) is 0 Å². The quantitative estimate of drug-likeness (QED) is 0.628. The molecule has 0 radical (unpaired) electrons. The molecule has 4 N–H and O–H groups in total. The van der Waals surface area contributed by atoms with E-state index in [-0.39, 0.29) is 36.0 Å². The number of benzene rings is 1. The first kappa shape index (κ1) is 5.67. The van der Waals surface area contributed by atoms with Crippen molar-refractivity contribution in [2.24, 2.45) is 5.72 Å². The molecule has 0 aromatic heterocycles. The summed E-state index contributed by atoms with van der Waals surface area (Å²) in [5.41, 5.74) is 0.372. The van der Waals surface area contributed by atoms with E-state index in [1.807, 2.05) is 0 Å². The van der Waals surface area contributed by atoms with Gasteiger partial charge in [-0.15, -0.1) is 12.4 Å². The van der Waals surface area contributed by atoms with Crippen LogP contribution < -0.4 is 5.72 Å². The van der Waals surface area contributed by atoms with E-state index in [2.05, 4.69) is 0 Å². The molecule has 0 atom stereocenters. The van der Waals surface area contributed by atoms with Crippen LogP contribution in [0.25, 0.3) is 0 Å². The van der Waals surface area contributed by atoms with Gasteiger partial charge in [-0.3, -0.25) is 0 Å². The van der Waals surface area contributed by atoms with Crippen LogP contribution in [-0.2, 0) is 6.42 Å². The summed E-state index contributed by atoms with van der Waals surface area (Å²) in [7, 11) is 0. The minimum Gasteiger partial charge on any atom is -0.504 e. The third-order valence-corrected chi connectivity index (χ3v) is 1.32. The van der Waals surface area contributed by atoms with Crippen LogP contribution in [0.1, 0.15) is 8.30 Å². The highest BCUT2D eigenvalue weighted by Crippen LogP contribution is 2.24. The van der Waals surface area contributed by atoms with Gasteiger partial charge in [0.25, 0.3) is 0 Å². The molecule has 0 saturated carbocycles. The van der Waals surface area contributed by atoms with E-state index in [1.54, 1.807) is 0 Å². The van der Waals surface area contributed by atoms with Crippen molar-refractivity contribution in [2.75, 3.05) is 6.50 Å². The first-order valence-corrected chi connectivity index (χ1v) is 3.12. The molecule has 0 amide bonds. The molecule has 1 rings (SSSR count). The zero-order chi connectivity index (χ0) is 11.6. The monoisotopic (exact) mass is 193 g/mol. The van der Waals surface area contributed by atoms with Gasteiger partial charge in [0, 0.05) is 2.74 Å². The number of hydrogen-bond donors (Lipinski definition) is 3. The lowest BCUT2D eigenvalue weighted by molar-refractivity contribution is 0.403. The maximum absolute atomic E-state index is 9.16. The molecule has 0 aliphatic heterocycles. The summed E-state index contributed by atoms with van der Waals surface area (Å²) in [5, 5.41) is 18.2. The van der Waals surface area contributed by atoms with E-state index >= 15 is 0 Å². The topological polar surface area (TPSA) is 66.5 Å². The molecule has 1 aromatic rings. The highest BCUT2D eigenvalue weighted by Gasteiger charge is 1.98. The first-order valence-electron chi connectivity index (χ1n) is 5.01. The molecule has 68 valence electrons. The van der Waals surface area contributed by atoms with E-state index < -0.39 is 6.50 Å². The molecule has 0 fully saturated rings. The Hall–Kier alpha value is -0.930. The molecule has 1 aromatic carbocycles. The van der Waals surface area contributed by atoms with Crippen molar-refractivity contribution in [2.45, 2.75) is 6.42 Å². The van der Waals surface area contributed by atoms with E-state index in [4.69, 9.17) is 15.8 Å². The summed E-state index contributed by atoms with van der Waals surface area (Å²) in [5.74, 6) is -0.627. The smallest absolute Gasteiger partial charge is 0.157 e. The predicted molar refractivity (Wildman–Crippen MR) is 49.8 cm³/mol. The van der Waals surface area contributed by atoms with Crippen molar-refractivity contribution in [1.82, 2.24) is 0 Å². The molecule has 0 bridgehead atoms. The number of halogens is 1. The third-order valence-electron chi connectivity index (χ3n) is 1.32. The summed E-state index contributed by atoms with van der Waals surface area (Å²) in [6.45, 7) is -2.14. The number of nitrogens with two attached hydrogens (primary N) is 1. The lowest BCUT2D eigenvalue weighted by atomic mass is 10.1. The van der Waals surface area contributed by atoms with Crippen LogP contribution in [0.5, 0.6) is 11.5 Å². The summed E-state index contributed by atoms with van der Waals surface area (Å²) in [6, 6.07) is 3.87. The van der Waals surface area contributed by atoms with Gasteiger partial charge in [-0.1, -0.05) is 6.07 Å². The van der Waals surface area contributed by atoms with Crippen molar-refractivity contribution in [1.29, 1.82) is 0 Å². The Labute approximate surface area is 83.0 Å². The van der Waals surface area contributed by atoms with Crippen molar-refractivity contribution in [3.8, 4) is 11.5 Å². The van der Waals surface area contributed by atoms with Crippen LogP contribution in [0.4, 0.5) is 0 Å². The van der Waals surface area contributed by atoms with Crippen LogP contribution in [0, 0.1) is 0 Å². The fourth-order valence-corrected chi connectivity index (χ4v) is 0.770. The number of hydrogen-bond acceptors (Lipinski definition) is 3. The minimum atomic E-state index is -2.14. The van der Waals surface area contributed by atoms with Crippen LogP contribution in [0.2, 0.25) is 2.82 Å². The Kier molecular flexibility index (Phi) is 2.29. The van der Waals surface area contributed by atoms with Crippen molar-refractivity contribution in [3.05, 3.63) is 23.8 Å². The Morgan fingerprint density at radius 2 is 2.17 bits per heavy atom. The average Bonchev–Trinajstić information content (AvgIpc) is 2.10. The zero-order valence-electron chi connectivity index (χ0n) is 10.2. The largest absolute Gasteiger partial charge is 0.504 e. The van der Waals surface area contributed by atoms with Gasteiger partial charge in [0.05, 0.1) is 0 Å². The molecule has 0 aliphatic rings. The van der Waals surface area contributed by atoms with Gasteiger partial charge in [-0.25, -0.2) is 0 Å². The SMILES string of the molecule is Cl.[2H]N([2H])C([2H])([2H])Cc1ccc(O)c(O)c1. The number of aromatic hydroxyl groups is 2. The molecule has 12 heavy (non-hydrogen) atoms. The second kappa shape index (κ2) is 4.85. The van der Waals surface area contributed by atoms with Crippen molar-refractivity contribution < 1.29 is 15.8 Å². The molecule has 3 nitrogen and oxygen atoms in total. The predicted octanol–water partition coefficient (Wildman–Crippen LogP) is 1.02. The Morgan fingerprint density at radius 3 is 2.75 bits per heavy atom. The summed E-state index contributed by atoms with van der Waals surface area (Å²) in [6.07, 6.45) is -0.214. The van der Waals surface area contributed by atoms with Crippen molar-refractivity contribution >= 4 is 12.4 Å². The van der Waals surface area contributed by atoms with Gasteiger partial charge in [-0.2, -0.15) is 0 Å². The molecule has 0 heterocycles. The lowest BCUT2D eigenvalue weighted by Crippen LogP contribution is -2.02. The maximum atomic E-state index is 9.16. The van der Waals surface area contributed by atoms with Gasteiger partial charge >= 0.3 is 0 Å². The third kappa shape index (κ3) is 2.60. The van der Waals surface area contributed by atoms with Crippen LogP contribution in [-0.4, -0.2) is 16.7 Å². The zero-order valence-corrected chi connectivity index (χ0v) is 7.01. The van der Waals surface area contributed by atoms with Crippen LogP contribution in [0.15, 0.2) is 18.2 Å². The standard InChI is InChI=1S/C8H11NO2.ClH/c9-4-3-6-1-2-7(10)8(11)5-6;/h1-2,5,10-11H,3-4,9H2;1H/i4D2;/hD2. The van der Waals surface area contributed by atoms with E-state index in [0.29, 0.717) is 5.56 Å². The molecular formula is C8H12ClNO2. The van der Waals surface area contributed by atoms with Crippen LogP contribution in [0.3, 0.4) is 0 Å². The normalized spacial score (nSPS) is 15.4. The van der Waals surface area contributed by atoms with Gasteiger partial charge in [0.1, 0.15) is 2.82 Å². The number of phenolic OH excluding ortho intramolecular Hbond substituents is 2. The molecule has 0 saturated heterocycles. The fourth-order valence-electron chi connectivity index (χ4n) is 0.770. The lowest BCUT2D eigenvalue weighted by Gasteiger charge is -2.00. The average molecular weight is 194 g/mol. The Bertz CT molecular complexity index is 362. The van der Waals surface area contributed by atoms with Gasteiger partial charge < -0.3 is 15.9 Å². The number of rotatable bonds is 3. The fraction of sp³-hybridized carbons (Fsp3) is 0.250. The Balaban J connectivity index is 0.00000225. The molecule has 0 spiro atoms. The van der Waals surface area contributed by atoms with E-state index in [1.165, 1.54) is 18.2 Å². The van der Waals surface area contributed by atoms with Crippen molar-refractivity contribution in [3.63, 3.8) is 0 Å². The van der Waals surface area contributed by atoms with Gasteiger partial charge in [0.15, 0.2) is 11.5 Å². The highest BCUT2D eigenvalue weighted by atomic mass is 35.5. The van der Waals surface area contributed by atoms with Gasteiger partial charge in [-0.05, 0) is 30.6 Å². The number of aryl methyl sites for hydroxylation is 1. The second-order valence-corrected chi connectivity index (χ2v) is 2.16. The second-order valence-electron chi connectivity index (χ2n) is 2.16. The molecule has 4 heteroatoms. The van der Waals surface area contributed by atoms with Crippen LogP contribution >= 0.6 is 12.4 Å².